The molecule has 6 rings (SSSR count). The van der Waals surface area contributed by atoms with E-state index in [9.17, 15) is 19.2 Å². The first kappa shape index (κ1) is 37.6. The van der Waals surface area contributed by atoms with Gasteiger partial charge in [0.1, 0.15) is 28.7 Å². The van der Waals surface area contributed by atoms with Gasteiger partial charge in [-0.2, -0.15) is 0 Å². The summed E-state index contributed by atoms with van der Waals surface area (Å²) in [4.78, 5) is 60.1. The first-order chi connectivity index (χ1) is 25.4. The molecular formula is C41H50N4O8. The minimum absolute atomic E-state index is 0.176. The molecule has 2 saturated carbocycles. The second-order valence-electron chi connectivity index (χ2n) is 15.1. The summed E-state index contributed by atoms with van der Waals surface area (Å²) in [7, 11) is 1.60. The summed E-state index contributed by atoms with van der Waals surface area (Å²) in [5, 5.41) is 5.07. The summed E-state index contributed by atoms with van der Waals surface area (Å²) in [6.45, 7) is 7.40. The van der Waals surface area contributed by atoms with Crippen LogP contribution in [0.25, 0.3) is 22.2 Å². The molecule has 1 aromatic heterocycles. The van der Waals surface area contributed by atoms with Crippen molar-refractivity contribution >= 4 is 34.8 Å². The standard InChI is InChI=1S/C41H50N4O8/c1-6-51-38(48)41-25-27(41)17-13-8-7-9-14-20-45(44-39(49)53-40(2,3)4)37(47)32-22-29(21-31(32)36(46)43-41)52-35-24-33(26-15-11-10-12-16-26)42-34-23-28(50-5)18-19-30(34)35/h10-13,15-19,23-24,27,29,31-32H,6-9,14,20-22,25H2,1-5H3,(H,43,46)(H,44,49)/t27-,29-,31-,32-,41-/m1/s1. The second-order valence-corrected chi connectivity index (χ2v) is 15.1. The van der Waals surface area contributed by atoms with E-state index in [4.69, 9.17) is 23.9 Å². The van der Waals surface area contributed by atoms with E-state index in [0.717, 1.165) is 30.2 Å². The highest BCUT2D eigenvalue weighted by Crippen LogP contribution is 2.47. The van der Waals surface area contributed by atoms with Gasteiger partial charge in [0.25, 0.3) is 0 Å². The Kier molecular flexibility index (Phi) is 11.3. The Morgan fingerprint density at radius 1 is 1.02 bits per heavy atom. The Morgan fingerprint density at radius 2 is 1.79 bits per heavy atom. The summed E-state index contributed by atoms with van der Waals surface area (Å²) in [6, 6.07) is 17.2. The number of carbonyl (C=O) groups excluding carboxylic acids is 4. The first-order valence-corrected chi connectivity index (χ1v) is 18.6. The molecule has 53 heavy (non-hydrogen) atoms. The van der Waals surface area contributed by atoms with Crippen LogP contribution in [0, 0.1) is 17.8 Å². The fraction of sp³-hybridized carbons (Fsp3) is 0.488. The van der Waals surface area contributed by atoms with Crippen LogP contribution in [0.3, 0.4) is 0 Å². The quantitative estimate of drug-likeness (QED) is 0.205. The van der Waals surface area contributed by atoms with Crippen molar-refractivity contribution in [2.24, 2.45) is 17.8 Å². The maximum absolute atomic E-state index is 14.5. The van der Waals surface area contributed by atoms with Gasteiger partial charge in [-0.1, -0.05) is 48.9 Å². The zero-order chi connectivity index (χ0) is 37.8. The van der Waals surface area contributed by atoms with Crippen molar-refractivity contribution in [3.05, 3.63) is 66.7 Å². The van der Waals surface area contributed by atoms with E-state index in [1.54, 1.807) is 34.8 Å². The largest absolute Gasteiger partial charge is 0.497 e. The summed E-state index contributed by atoms with van der Waals surface area (Å²) in [5.74, 6) is -2.07. The molecule has 1 aliphatic heterocycles. The maximum Gasteiger partial charge on any atom is 0.426 e. The highest BCUT2D eigenvalue weighted by Gasteiger charge is 2.62. The first-order valence-electron chi connectivity index (χ1n) is 18.6. The Hall–Kier alpha value is -5.13. The Labute approximate surface area is 310 Å². The zero-order valence-corrected chi connectivity index (χ0v) is 31.2. The molecule has 12 nitrogen and oxygen atoms in total. The van der Waals surface area contributed by atoms with Gasteiger partial charge in [0.15, 0.2) is 0 Å². The van der Waals surface area contributed by atoms with E-state index in [-0.39, 0.29) is 31.9 Å². The Balaban J connectivity index is 1.35. The highest BCUT2D eigenvalue weighted by atomic mass is 16.6. The number of ether oxygens (including phenoxy) is 4. The predicted octanol–water partition coefficient (Wildman–Crippen LogP) is 6.52. The Morgan fingerprint density at radius 3 is 2.53 bits per heavy atom. The fourth-order valence-corrected chi connectivity index (χ4v) is 7.31. The lowest BCUT2D eigenvalue weighted by Crippen LogP contribution is -2.53. The monoisotopic (exact) mass is 726 g/mol. The third kappa shape index (κ3) is 8.75. The van der Waals surface area contributed by atoms with Crippen LogP contribution in [0.5, 0.6) is 11.5 Å². The number of allylic oxidation sites excluding steroid dienone is 1. The van der Waals surface area contributed by atoms with Crippen LogP contribution in [0.4, 0.5) is 4.79 Å². The van der Waals surface area contributed by atoms with Gasteiger partial charge < -0.3 is 24.3 Å². The summed E-state index contributed by atoms with van der Waals surface area (Å²) in [6.07, 6.45) is 6.59. The van der Waals surface area contributed by atoms with Crippen molar-refractivity contribution in [2.75, 3.05) is 20.3 Å². The van der Waals surface area contributed by atoms with Gasteiger partial charge in [0, 0.05) is 35.5 Å². The third-order valence-electron chi connectivity index (χ3n) is 10.0. The zero-order valence-electron chi connectivity index (χ0n) is 31.2. The Bertz CT molecular complexity index is 1860. The van der Waals surface area contributed by atoms with E-state index >= 15 is 0 Å². The van der Waals surface area contributed by atoms with E-state index in [1.165, 1.54) is 5.01 Å². The molecule has 282 valence electrons. The van der Waals surface area contributed by atoms with Gasteiger partial charge in [-0.05, 0) is 78.4 Å². The predicted molar refractivity (Wildman–Crippen MR) is 199 cm³/mol. The van der Waals surface area contributed by atoms with Gasteiger partial charge in [0.2, 0.25) is 11.8 Å². The number of hydrogen-bond donors (Lipinski definition) is 2. The highest BCUT2D eigenvalue weighted by molar-refractivity contribution is 5.95. The van der Waals surface area contributed by atoms with E-state index in [1.807, 2.05) is 66.7 Å². The van der Waals surface area contributed by atoms with E-state index < -0.39 is 53.0 Å². The number of fused-ring (bicyclic) bond motifs is 3. The van der Waals surface area contributed by atoms with Crippen molar-refractivity contribution in [1.82, 2.24) is 20.7 Å². The molecule has 5 atom stereocenters. The van der Waals surface area contributed by atoms with E-state index in [2.05, 4.69) is 10.7 Å². The molecule has 3 aliphatic rings. The molecule has 2 aromatic carbocycles. The molecule has 0 bridgehead atoms. The second kappa shape index (κ2) is 15.9. The van der Waals surface area contributed by atoms with Crippen LogP contribution in [0.1, 0.15) is 72.6 Å². The number of pyridine rings is 1. The van der Waals surface area contributed by atoms with Gasteiger partial charge in [0.05, 0.1) is 36.8 Å². The molecule has 0 unspecified atom stereocenters. The lowest BCUT2D eigenvalue weighted by atomic mass is 9.93. The SMILES string of the molecule is CCOC(=O)[C@@]12C[C@H]1C=CCCCCCN(NC(=O)OC(C)(C)C)C(=O)[C@@H]1C[C@H](Oc3cc(-c4ccccc4)nc4cc(OC)ccc34)C[C@H]1C(=O)N2. The average Bonchev–Trinajstić information content (AvgIpc) is 3.66. The number of methoxy groups -OCH3 is 1. The van der Waals surface area contributed by atoms with Crippen molar-refractivity contribution in [2.45, 2.75) is 89.9 Å². The number of carbonyl (C=O) groups is 4. The number of hydrogen-bond acceptors (Lipinski definition) is 9. The van der Waals surface area contributed by atoms with Crippen LogP contribution in [-0.4, -0.2) is 71.4 Å². The van der Waals surface area contributed by atoms with Gasteiger partial charge in [-0.25, -0.2) is 20.0 Å². The van der Waals surface area contributed by atoms with E-state index in [0.29, 0.717) is 35.6 Å². The number of rotatable bonds is 7. The third-order valence-corrected chi connectivity index (χ3v) is 10.0. The number of nitrogens with zero attached hydrogens (tertiary/aromatic N) is 2. The minimum atomic E-state index is -1.20. The van der Waals surface area contributed by atoms with Gasteiger partial charge >= 0.3 is 12.1 Å². The van der Waals surface area contributed by atoms with Crippen molar-refractivity contribution < 1.29 is 38.1 Å². The molecule has 0 saturated heterocycles. The number of esters is 1. The van der Waals surface area contributed by atoms with Crippen LogP contribution >= 0.6 is 0 Å². The summed E-state index contributed by atoms with van der Waals surface area (Å²) >= 11 is 0. The van der Waals surface area contributed by atoms with Gasteiger partial charge in [-0.3, -0.25) is 14.6 Å². The fourth-order valence-electron chi connectivity index (χ4n) is 7.31. The molecule has 2 heterocycles. The average molecular weight is 727 g/mol. The molecule has 2 N–H and O–H groups in total. The number of hydrazine groups is 1. The lowest BCUT2D eigenvalue weighted by molar-refractivity contribution is -0.150. The number of benzene rings is 2. The van der Waals surface area contributed by atoms with Crippen molar-refractivity contribution in [1.29, 1.82) is 0 Å². The van der Waals surface area contributed by atoms with Crippen LogP contribution in [0.15, 0.2) is 66.7 Å². The molecule has 0 radical (unpaired) electrons. The summed E-state index contributed by atoms with van der Waals surface area (Å²) < 4.78 is 23.2. The molecule has 3 aromatic rings. The molecule has 12 heteroatoms. The number of nitrogens with one attached hydrogen (secondary N) is 2. The minimum Gasteiger partial charge on any atom is -0.497 e. The van der Waals surface area contributed by atoms with Crippen LogP contribution < -0.4 is 20.2 Å². The van der Waals surface area contributed by atoms with Crippen molar-refractivity contribution in [3.63, 3.8) is 0 Å². The topological polar surface area (TPSA) is 145 Å². The molecular weight excluding hydrogens is 676 g/mol. The molecule has 2 fully saturated rings. The molecule has 0 spiro atoms. The summed E-state index contributed by atoms with van der Waals surface area (Å²) in [5.41, 5.74) is 2.94. The maximum atomic E-state index is 14.5. The van der Waals surface area contributed by atoms with Gasteiger partial charge in [-0.15, -0.1) is 0 Å². The normalized spacial score (nSPS) is 24.9. The number of amides is 3. The molecule has 2 aliphatic carbocycles. The molecule has 3 amide bonds. The van der Waals surface area contributed by atoms with Crippen molar-refractivity contribution in [3.8, 4) is 22.8 Å². The van der Waals surface area contributed by atoms with Crippen LogP contribution in [-0.2, 0) is 23.9 Å². The van der Waals surface area contributed by atoms with Crippen LogP contribution in [0.2, 0.25) is 0 Å². The lowest BCUT2D eigenvalue weighted by Gasteiger charge is -2.30. The number of aromatic nitrogens is 1. The smallest absolute Gasteiger partial charge is 0.426 e.